The molecule has 4 nitrogen and oxygen atoms in total. The zero-order chi connectivity index (χ0) is 26.3. The molecular weight excluding hydrogens is 455 g/mol. The van der Waals surface area contributed by atoms with E-state index in [1.54, 1.807) is 19.2 Å². The summed E-state index contributed by atoms with van der Waals surface area (Å²) in [6.07, 6.45) is 0.971. The Labute approximate surface area is 213 Å². The van der Waals surface area contributed by atoms with Gasteiger partial charge in [-0.3, -0.25) is 4.79 Å². The third-order valence-corrected chi connectivity index (χ3v) is 7.22. The van der Waals surface area contributed by atoms with E-state index < -0.39 is 5.97 Å². The third kappa shape index (κ3) is 5.25. The summed E-state index contributed by atoms with van der Waals surface area (Å²) in [4.78, 5) is 11.5. The summed E-state index contributed by atoms with van der Waals surface area (Å²) >= 11 is 0. The quantitative estimate of drug-likeness (QED) is 0.372. The Hall–Kier alpha value is -3.34. The van der Waals surface area contributed by atoms with Crippen LogP contribution in [0, 0.1) is 11.2 Å². The van der Waals surface area contributed by atoms with Gasteiger partial charge < -0.3 is 14.6 Å². The highest BCUT2D eigenvalue weighted by atomic mass is 19.1. The lowest BCUT2D eigenvalue weighted by atomic mass is 9.78. The Balaban J connectivity index is 1.61. The van der Waals surface area contributed by atoms with Gasteiger partial charge in [0, 0.05) is 11.5 Å². The Kier molecular flexibility index (Phi) is 6.87. The molecule has 1 aliphatic carbocycles. The van der Waals surface area contributed by atoms with Gasteiger partial charge in [0.05, 0.1) is 13.5 Å². The number of benzene rings is 3. The van der Waals surface area contributed by atoms with Crippen LogP contribution in [0.25, 0.3) is 11.1 Å². The molecule has 1 aliphatic rings. The third-order valence-electron chi connectivity index (χ3n) is 7.22. The standard InChI is InChI=1S/C31H35FO4/c1-30(2,3)26-13-19(7-11-23(26)25-14-21(35-6)10-12-28(25)32)18-36-22-9-8-20-17-31(4,5)27(16-29(33)34)24(20)15-22/h7-15,27H,16-18H2,1-6H3,(H,33,34)/t27-/m1/s1. The Morgan fingerprint density at radius 2 is 1.75 bits per heavy atom. The number of methoxy groups -OCH3 is 1. The molecule has 0 radical (unpaired) electrons. The first-order valence-corrected chi connectivity index (χ1v) is 12.3. The number of halogens is 1. The molecular formula is C31H35FO4. The fraction of sp³-hybridized carbons (Fsp3) is 0.387. The van der Waals surface area contributed by atoms with Gasteiger partial charge in [0.2, 0.25) is 0 Å². The van der Waals surface area contributed by atoms with E-state index in [0.717, 1.165) is 34.4 Å². The fourth-order valence-electron chi connectivity index (χ4n) is 5.29. The highest BCUT2D eigenvalue weighted by Gasteiger charge is 2.40. The smallest absolute Gasteiger partial charge is 0.303 e. The maximum atomic E-state index is 14.8. The van der Waals surface area contributed by atoms with E-state index >= 15 is 0 Å². The number of rotatable bonds is 7. The molecule has 0 fully saturated rings. The molecule has 0 spiro atoms. The molecule has 0 bridgehead atoms. The van der Waals surface area contributed by atoms with Crippen LogP contribution in [0.15, 0.2) is 54.6 Å². The minimum atomic E-state index is -0.783. The number of hydrogen-bond donors (Lipinski definition) is 1. The second kappa shape index (κ2) is 9.61. The molecule has 3 aromatic rings. The van der Waals surface area contributed by atoms with Crippen LogP contribution >= 0.6 is 0 Å². The molecule has 0 saturated carbocycles. The largest absolute Gasteiger partial charge is 0.497 e. The van der Waals surface area contributed by atoms with E-state index in [0.29, 0.717) is 17.9 Å². The first-order chi connectivity index (χ1) is 16.9. The average molecular weight is 491 g/mol. The van der Waals surface area contributed by atoms with E-state index in [9.17, 15) is 14.3 Å². The summed E-state index contributed by atoms with van der Waals surface area (Å²) < 4.78 is 26.3. The topological polar surface area (TPSA) is 55.8 Å². The van der Waals surface area contributed by atoms with Gasteiger partial charge in [-0.25, -0.2) is 4.39 Å². The summed E-state index contributed by atoms with van der Waals surface area (Å²) in [6.45, 7) is 10.9. The average Bonchev–Trinajstić information content (AvgIpc) is 3.06. The minimum absolute atomic E-state index is 0.0434. The lowest BCUT2D eigenvalue weighted by Crippen LogP contribution is -2.20. The maximum Gasteiger partial charge on any atom is 0.303 e. The van der Waals surface area contributed by atoms with Gasteiger partial charge in [-0.05, 0) is 75.4 Å². The molecule has 0 aromatic heterocycles. The number of carboxylic acid groups (broad SMARTS) is 1. The zero-order valence-electron chi connectivity index (χ0n) is 21.9. The monoisotopic (exact) mass is 490 g/mol. The highest BCUT2D eigenvalue weighted by Crippen LogP contribution is 2.49. The van der Waals surface area contributed by atoms with Crippen molar-refractivity contribution in [1.82, 2.24) is 0 Å². The molecule has 0 unspecified atom stereocenters. The second-order valence-electron chi connectivity index (χ2n) is 11.4. The molecule has 0 aliphatic heterocycles. The number of carbonyl (C=O) groups is 1. The Bertz CT molecular complexity index is 1290. The molecule has 0 heterocycles. The molecule has 0 amide bonds. The van der Waals surface area contributed by atoms with Crippen molar-refractivity contribution in [2.24, 2.45) is 5.41 Å². The first kappa shape index (κ1) is 25.7. The van der Waals surface area contributed by atoms with Crippen LogP contribution in [0.5, 0.6) is 11.5 Å². The molecule has 0 saturated heterocycles. The SMILES string of the molecule is COc1ccc(F)c(-c2ccc(COc3ccc4c(c3)[C@@H](CC(=O)O)C(C)(C)C4)cc2C(C)(C)C)c1. The van der Waals surface area contributed by atoms with Crippen LogP contribution in [0.1, 0.15) is 69.2 Å². The van der Waals surface area contributed by atoms with Crippen molar-refractivity contribution in [3.05, 3.63) is 82.7 Å². The van der Waals surface area contributed by atoms with Crippen molar-refractivity contribution in [2.45, 2.75) is 65.4 Å². The van der Waals surface area contributed by atoms with Crippen LogP contribution in [0.2, 0.25) is 0 Å². The van der Waals surface area contributed by atoms with Crippen LogP contribution in [0.4, 0.5) is 4.39 Å². The Morgan fingerprint density at radius 1 is 1.03 bits per heavy atom. The zero-order valence-corrected chi connectivity index (χ0v) is 21.9. The molecule has 1 atom stereocenters. The molecule has 3 aromatic carbocycles. The van der Waals surface area contributed by atoms with Gasteiger partial charge in [0.15, 0.2) is 0 Å². The van der Waals surface area contributed by atoms with Gasteiger partial charge in [0.1, 0.15) is 23.9 Å². The van der Waals surface area contributed by atoms with Crippen LogP contribution < -0.4 is 9.47 Å². The molecule has 36 heavy (non-hydrogen) atoms. The maximum absolute atomic E-state index is 14.8. The van der Waals surface area contributed by atoms with Gasteiger partial charge in [-0.1, -0.05) is 58.9 Å². The summed E-state index contributed by atoms with van der Waals surface area (Å²) in [5.74, 6) is 0.219. The van der Waals surface area contributed by atoms with Gasteiger partial charge in [0.25, 0.3) is 0 Å². The summed E-state index contributed by atoms with van der Waals surface area (Å²) in [7, 11) is 1.58. The van der Waals surface area contributed by atoms with Crippen molar-refractivity contribution >= 4 is 5.97 Å². The molecule has 4 rings (SSSR count). The lowest BCUT2D eigenvalue weighted by Gasteiger charge is -2.26. The fourth-order valence-corrected chi connectivity index (χ4v) is 5.29. The van der Waals surface area contributed by atoms with Crippen molar-refractivity contribution in [2.75, 3.05) is 7.11 Å². The van der Waals surface area contributed by atoms with E-state index in [1.165, 1.54) is 11.6 Å². The summed E-state index contributed by atoms with van der Waals surface area (Å²) in [6, 6.07) is 16.8. The Morgan fingerprint density at radius 3 is 2.42 bits per heavy atom. The van der Waals surface area contributed by atoms with Gasteiger partial charge in [-0.15, -0.1) is 0 Å². The summed E-state index contributed by atoms with van der Waals surface area (Å²) in [5, 5.41) is 9.43. The van der Waals surface area contributed by atoms with Crippen LogP contribution in [-0.2, 0) is 23.2 Å². The van der Waals surface area contributed by atoms with E-state index in [1.807, 2.05) is 24.3 Å². The molecule has 5 heteroatoms. The number of carboxylic acids is 1. The van der Waals surface area contributed by atoms with Crippen molar-refractivity contribution < 1.29 is 23.8 Å². The normalized spacial score (nSPS) is 16.5. The predicted molar refractivity (Wildman–Crippen MR) is 140 cm³/mol. The lowest BCUT2D eigenvalue weighted by molar-refractivity contribution is -0.138. The number of hydrogen-bond acceptors (Lipinski definition) is 3. The number of ether oxygens (including phenoxy) is 2. The van der Waals surface area contributed by atoms with Gasteiger partial charge >= 0.3 is 5.97 Å². The van der Waals surface area contributed by atoms with Crippen molar-refractivity contribution in [3.8, 4) is 22.6 Å². The van der Waals surface area contributed by atoms with Crippen molar-refractivity contribution in [3.63, 3.8) is 0 Å². The number of fused-ring (bicyclic) bond motifs is 1. The first-order valence-electron chi connectivity index (χ1n) is 12.3. The predicted octanol–water partition coefficient (Wildman–Crippen LogP) is 7.52. The van der Waals surface area contributed by atoms with E-state index in [-0.39, 0.29) is 29.0 Å². The summed E-state index contributed by atoms with van der Waals surface area (Å²) in [5.41, 5.74) is 5.28. The van der Waals surface area contributed by atoms with Crippen molar-refractivity contribution in [1.29, 1.82) is 0 Å². The highest BCUT2D eigenvalue weighted by molar-refractivity contribution is 5.71. The van der Waals surface area contributed by atoms with E-state index in [4.69, 9.17) is 9.47 Å². The van der Waals surface area contributed by atoms with Gasteiger partial charge in [-0.2, -0.15) is 0 Å². The molecule has 1 N–H and O–H groups in total. The van der Waals surface area contributed by atoms with Crippen LogP contribution in [-0.4, -0.2) is 18.2 Å². The minimum Gasteiger partial charge on any atom is -0.497 e. The van der Waals surface area contributed by atoms with Crippen LogP contribution in [0.3, 0.4) is 0 Å². The second-order valence-corrected chi connectivity index (χ2v) is 11.4. The molecule has 190 valence electrons. The van der Waals surface area contributed by atoms with E-state index in [2.05, 4.69) is 46.8 Å². The number of aliphatic carboxylic acids is 1.